The molecule has 0 aliphatic heterocycles. The molecule has 1 saturated carbocycles. The van der Waals surface area contributed by atoms with Crippen LogP contribution in [0.1, 0.15) is 55.3 Å². The summed E-state index contributed by atoms with van der Waals surface area (Å²) >= 11 is 6.24. The van der Waals surface area contributed by atoms with Crippen molar-refractivity contribution in [2.24, 2.45) is 5.92 Å². The fraction of sp³-hybridized carbons (Fsp3) is 0.421. The number of hydrogen-bond acceptors (Lipinski definition) is 1. The van der Waals surface area contributed by atoms with Gasteiger partial charge in [-0.15, -0.1) is 0 Å². The molecule has 1 aliphatic carbocycles. The molecule has 0 unspecified atom stereocenters. The van der Waals surface area contributed by atoms with Gasteiger partial charge in [0.05, 0.1) is 0 Å². The molecule has 0 saturated heterocycles. The minimum absolute atomic E-state index is 0.273. The number of hydrogen-bond donors (Lipinski definition) is 0. The van der Waals surface area contributed by atoms with Crippen molar-refractivity contribution in [1.82, 2.24) is 0 Å². The molecule has 0 heterocycles. The molecule has 2 heteroatoms. The predicted octanol–water partition coefficient (Wildman–Crippen LogP) is 6.04. The number of fused-ring (bicyclic) bond motifs is 1. The van der Waals surface area contributed by atoms with Crippen LogP contribution in [0.25, 0.3) is 10.8 Å². The highest BCUT2D eigenvalue weighted by Gasteiger charge is 2.18. The van der Waals surface area contributed by atoms with Gasteiger partial charge in [-0.1, -0.05) is 74.4 Å². The van der Waals surface area contributed by atoms with Crippen LogP contribution >= 0.6 is 11.6 Å². The summed E-state index contributed by atoms with van der Waals surface area (Å²) in [7, 11) is 0. The van der Waals surface area contributed by atoms with Gasteiger partial charge < -0.3 is 0 Å². The van der Waals surface area contributed by atoms with Gasteiger partial charge in [-0.05, 0) is 23.4 Å². The van der Waals surface area contributed by atoms with Gasteiger partial charge >= 0.3 is 0 Å². The van der Waals surface area contributed by atoms with E-state index in [0.717, 1.165) is 21.4 Å². The van der Waals surface area contributed by atoms with E-state index in [4.69, 9.17) is 11.6 Å². The average Bonchev–Trinajstić information content (AvgIpc) is 2.76. The quantitative estimate of drug-likeness (QED) is 0.499. The number of carbonyl (C=O) groups excluding carboxylic acids is 1. The Balaban J connectivity index is 1.86. The number of Topliss-reactive ketones (excluding diaryl/α,β-unsaturated/α-hetero) is 1. The lowest BCUT2D eigenvalue weighted by atomic mass is 9.90. The van der Waals surface area contributed by atoms with E-state index in [-0.39, 0.29) is 5.78 Å². The van der Waals surface area contributed by atoms with E-state index in [0.29, 0.717) is 12.3 Å². The standard InChI is InChI=1S/C19H21ClO/c20-18-12-11-17(15-9-5-6-10-16(15)18)19(21)13-14-7-3-1-2-4-8-14/h5-6,9-12,14H,1-4,7-8,13H2. The van der Waals surface area contributed by atoms with Crippen molar-refractivity contribution < 1.29 is 4.79 Å². The SMILES string of the molecule is O=C(CC1CCCCCC1)c1ccc(Cl)c2ccccc12. The van der Waals surface area contributed by atoms with Crippen molar-refractivity contribution in [2.75, 3.05) is 0 Å². The van der Waals surface area contributed by atoms with Crippen molar-refractivity contribution in [3.05, 3.63) is 47.0 Å². The molecule has 2 aromatic carbocycles. The Morgan fingerprint density at radius 1 is 0.952 bits per heavy atom. The third-order valence-electron chi connectivity index (χ3n) is 4.62. The Morgan fingerprint density at radius 3 is 2.33 bits per heavy atom. The van der Waals surface area contributed by atoms with Crippen LogP contribution in [0.15, 0.2) is 36.4 Å². The molecule has 0 radical (unpaired) electrons. The van der Waals surface area contributed by atoms with Crippen molar-refractivity contribution >= 4 is 28.2 Å². The summed E-state index contributed by atoms with van der Waals surface area (Å²) in [6.07, 6.45) is 8.31. The molecular formula is C19H21ClO. The molecule has 1 fully saturated rings. The van der Waals surface area contributed by atoms with Gasteiger partial charge in [0.2, 0.25) is 0 Å². The van der Waals surface area contributed by atoms with Crippen LogP contribution in [-0.4, -0.2) is 5.78 Å². The number of rotatable bonds is 3. The van der Waals surface area contributed by atoms with Crippen LogP contribution < -0.4 is 0 Å². The monoisotopic (exact) mass is 300 g/mol. The normalized spacial score (nSPS) is 16.8. The zero-order valence-corrected chi connectivity index (χ0v) is 13.0. The summed E-state index contributed by atoms with van der Waals surface area (Å²) in [5.41, 5.74) is 0.833. The zero-order valence-electron chi connectivity index (χ0n) is 12.3. The van der Waals surface area contributed by atoms with E-state index in [1.165, 1.54) is 38.5 Å². The summed E-state index contributed by atoms with van der Waals surface area (Å²) in [4.78, 5) is 12.7. The van der Waals surface area contributed by atoms with Crippen LogP contribution in [0.4, 0.5) is 0 Å². The first-order chi connectivity index (χ1) is 10.3. The summed E-state index contributed by atoms with van der Waals surface area (Å²) in [5, 5.41) is 2.69. The summed E-state index contributed by atoms with van der Waals surface area (Å²) in [5.74, 6) is 0.837. The Bertz CT molecular complexity index is 639. The smallest absolute Gasteiger partial charge is 0.163 e. The lowest BCUT2D eigenvalue weighted by Crippen LogP contribution is -2.09. The fourth-order valence-corrected chi connectivity index (χ4v) is 3.67. The lowest BCUT2D eigenvalue weighted by Gasteiger charge is -2.14. The molecule has 0 atom stereocenters. The Labute approximate surface area is 131 Å². The molecule has 0 aromatic heterocycles. The molecule has 2 aromatic rings. The van der Waals surface area contributed by atoms with Gasteiger partial charge in [-0.3, -0.25) is 4.79 Å². The first kappa shape index (κ1) is 14.6. The van der Waals surface area contributed by atoms with Crippen LogP contribution in [0.2, 0.25) is 5.02 Å². The molecule has 1 nitrogen and oxygen atoms in total. The third-order valence-corrected chi connectivity index (χ3v) is 4.95. The average molecular weight is 301 g/mol. The second-order valence-electron chi connectivity index (χ2n) is 6.13. The van der Waals surface area contributed by atoms with E-state index in [2.05, 4.69) is 0 Å². The van der Waals surface area contributed by atoms with E-state index in [1.807, 2.05) is 36.4 Å². The lowest BCUT2D eigenvalue weighted by molar-refractivity contribution is 0.0958. The van der Waals surface area contributed by atoms with E-state index in [9.17, 15) is 4.79 Å². The van der Waals surface area contributed by atoms with Gasteiger partial charge in [-0.2, -0.15) is 0 Å². The minimum atomic E-state index is 0.273. The van der Waals surface area contributed by atoms with Gasteiger partial charge in [0.1, 0.15) is 0 Å². The van der Waals surface area contributed by atoms with E-state index in [1.54, 1.807) is 0 Å². The second-order valence-corrected chi connectivity index (χ2v) is 6.53. The predicted molar refractivity (Wildman–Crippen MR) is 89.1 cm³/mol. The first-order valence-corrected chi connectivity index (χ1v) is 8.34. The van der Waals surface area contributed by atoms with Crippen LogP contribution in [0.3, 0.4) is 0 Å². The van der Waals surface area contributed by atoms with Gasteiger partial charge in [0.25, 0.3) is 0 Å². The van der Waals surface area contributed by atoms with Crippen LogP contribution in [-0.2, 0) is 0 Å². The molecule has 110 valence electrons. The molecule has 3 rings (SSSR count). The maximum Gasteiger partial charge on any atom is 0.163 e. The largest absolute Gasteiger partial charge is 0.294 e. The number of benzene rings is 2. The van der Waals surface area contributed by atoms with Gasteiger partial charge in [0.15, 0.2) is 5.78 Å². The fourth-order valence-electron chi connectivity index (χ4n) is 3.45. The number of halogens is 1. The van der Waals surface area contributed by atoms with Crippen molar-refractivity contribution in [2.45, 2.75) is 44.9 Å². The maximum absolute atomic E-state index is 12.7. The Morgan fingerprint density at radius 2 is 1.62 bits per heavy atom. The molecule has 21 heavy (non-hydrogen) atoms. The molecule has 1 aliphatic rings. The van der Waals surface area contributed by atoms with Crippen molar-refractivity contribution in [1.29, 1.82) is 0 Å². The highest BCUT2D eigenvalue weighted by Crippen LogP contribution is 2.30. The molecular weight excluding hydrogens is 280 g/mol. The second kappa shape index (κ2) is 6.62. The molecule has 0 N–H and O–H groups in total. The summed E-state index contributed by atoms with van der Waals surface area (Å²) in [6.45, 7) is 0. The minimum Gasteiger partial charge on any atom is -0.294 e. The van der Waals surface area contributed by atoms with Gasteiger partial charge in [0, 0.05) is 22.4 Å². The summed E-state index contributed by atoms with van der Waals surface area (Å²) < 4.78 is 0. The zero-order chi connectivity index (χ0) is 14.7. The summed E-state index contributed by atoms with van der Waals surface area (Å²) in [6, 6.07) is 11.7. The molecule has 0 amide bonds. The molecule has 0 spiro atoms. The topological polar surface area (TPSA) is 17.1 Å². The number of carbonyl (C=O) groups is 1. The highest BCUT2D eigenvalue weighted by molar-refractivity contribution is 6.36. The first-order valence-electron chi connectivity index (χ1n) is 7.96. The van der Waals surface area contributed by atoms with Crippen LogP contribution in [0, 0.1) is 5.92 Å². The van der Waals surface area contributed by atoms with E-state index < -0.39 is 0 Å². The van der Waals surface area contributed by atoms with E-state index >= 15 is 0 Å². The van der Waals surface area contributed by atoms with Crippen molar-refractivity contribution in [3.63, 3.8) is 0 Å². The third kappa shape index (κ3) is 3.29. The Kier molecular flexibility index (Phi) is 4.60. The Hall–Kier alpha value is -1.34. The highest BCUT2D eigenvalue weighted by atomic mass is 35.5. The number of ketones is 1. The van der Waals surface area contributed by atoms with Crippen LogP contribution in [0.5, 0.6) is 0 Å². The maximum atomic E-state index is 12.7. The van der Waals surface area contributed by atoms with Crippen molar-refractivity contribution in [3.8, 4) is 0 Å². The van der Waals surface area contributed by atoms with Gasteiger partial charge in [-0.25, -0.2) is 0 Å². The molecule has 0 bridgehead atoms.